The summed E-state index contributed by atoms with van der Waals surface area (Å²) in [7, 11) is 0.648. The number of esters is 2. The molecule has 6 aliphatic rings. The van der Waals surface area contributed by atoms with E-state index in [0.29, 0.717) is 15.1 Å². The predicted molar refractivity (Wildman–Crippen MR) is 91.9 cm³/mol. The van der Waals surface area contributed by atoms with Gasteiger partial charge in [-0.25, -0.2) is 9.59 Å². The minimum absolute atomic E-state index is 0.0604. The second-order valence-electron chi connectivity index (χ2n) is 8.10. The first kappa shape index (κ1) is 20.8. The molecule has 3 spiro atoms. The molecule has 2 radical (unpaired) electrons. The first-order valence-corrected chi connectivity index (χ1v) is 9.39. The monoisotopic (exact) mass is 480 g/mol. The first-order chi connectivity index (χ1) is 16.3. The van der Waals surface area contributed by atoms with Crippen LogP contribution in [0.4, 0.5) is 0 Å². The zero-order valence-corrected chi connectivity index (χ0v) is 16.5. The molecule has 0 aromatic rings. The lowest BCUT2D eigenvalue weighted by atomic mass is 9.57. The van der Waals surface area contributed by atoms with Crippen molar-refractivity contribution in [2.24, 2.45) is 16.2 Å². The van der Waals surface area contributed by atoms with E-state index in [2.05, 4.69) is 4.74 Å². The summed E-state index contributed by atoms with van der Waals surface area (Å²) in [4.78, 5) is 145. The van der Waals surface area contributed by atoms with Gasteiger partial charge in [0.1, 0.15) is 0 Å². The van der Waals surface area contributed by atoms with Crippen molar-refractivity contribution in [3.63, 3.8) is 0 Å². The highest BCUT2D eigenvalue weighted by Crippen LogP contribution is 2.49. The number of hydrogen-bond acceptors (Lipinski definition) is 13. The van der Waals surface area contributed by atoms with Crippen LogP contribution in [0.2, 0.25) is 0 Å². The number of cyclic esters (lactones) is 2. The molecule has 5 heterocycles. The predicted octanol–water partition coefficient (Wildman–Crippen LogP) is -6.89. The Hall–Kier alpha value is -4.83. The van der Waals surface area contributed by atoms with Gasteiger partial charge in [-0.3, -0.25) is 47.9 Å². The molecule has 6 fully saturated rings. The summed E-state index contributed by atoms with van der Waals surface area (Å²) in [5.41, 5.74) is -8.08. The summed E-state index contributed by atoms with van der Waals surface area (Å²) in [5, 5.41) is 0. The number of ether oxygens (including phenoxy) is 1. The Balaban J connectivity index is 1.14. The average Bonchev–Trinajstić information content (AvgIpc) is 2.79. The number of amides is 8. The average molecular weight is 480 g/mol. The van der Waals surface area contributed by atoms with Gasteiger partial charge in [0.05, 0.1) is 6.42 Å². The maximum absolute atomic E-state index is 12.5. The van der Waals surface area contributed by atoms with Crippen LogP contribution in [0.25, 0.3) is 0 Å². The van der Waals surface area contributed by atoms with Crippen LogP contribution in [0.15, 0.2) is 0 Å². The van der Waals surface area contributed by atoms with Gasteiger partial charge in [-0.15, -0.1) is 0 Å². The van der Waals surface area contributed by atoms with E-state index in [1.165, 1.54) is 0 Å². The van der Waals surface area contributed by atoms with E-state index < -0.39 is 93.4 Å². The molecular formula is C16H2B2N4O13. The molecule has 0 atom stereocenters. The Labute approximate surface area is 190 Å². The van der Waals surface area contributed by atoms with E-state index in [1.807, 2.05) is 0 Å². The van der Waals surface area contributed by atoms with Crippen molar-refractivity contribution in [2.45, 2.75) is 6.42 Å². The van der Waals surface area contributed by atoms with E-state index in [1.54, 1.807) is 0 Å². The van der Waals surface area contributed by atoms with Gasteiger partial charge < -0.3 is 24.0 Å². The molecule has 19 heteroatoms. The maximum Gasteiger partial charge on any atom is 0.411 e. The largest absolute Gasteiger partial charge is 0.411 e. The molecular weight excluding hydrogens is 478 g/mol. The van der Waals surface area contributed by atoms with Gasteiger partial charge in [0, 0.05) is 0 Å². The zero-order valence-electron chi connectivity index (χ0n) is 16.5. The van der Waals surface area contributed by atoms with E-state index >= 15 is 0 Å². The number of nitrogens with zero attached hydrogens (tertiary/aromatic N) is 4. The molecule has 5 aliphatic heterocycles. The molecule has 35 heavy (non-hydrogen) atoms. The molecule has 0 aromatic heterocycles. The molecule has 8 amide bonds. The SMILES string of the molecule is O=C1CC(=O)C12C(=O)N([B]N1C(=O)C3(C1=O)C(=O)N([B]N1C(=O)C4(C(=O)OC4=O)C1=O)C3=O)C2=O. The first-order valence-electron chi connectivity index (χ1n) is 9.39. The van der Waals surface area contributed by atoms with Crippen molar-refractivity contribution in [1.29, 1.82) is 0 Å². The van der Waals surface area contributed by atoms with Crippen LogP contribution in [-0.4, -0.2) is 105 Å². The Morgan fingerprint density at radius 3 is 1.03 bits per heavy atom. The number of rotatable bonds is 4. The second kappa shape index (κ2) is 5.45. The van der Waals surface area contributed by atoms with Crippen molar-refractivity contribution < 1.29 is 62.3 Å². The summed E-state index contributed by atoms with van der Waals surface area (Å²) in [5.74, 6) is -16.1. The lowest BCUT2D eigenvalue weighted by Gasteiger charge is -2.56. The van der Waals surface area contributed by atoms with Crippen molar-refractivity contribution >= 4 is 85.9 Å². The van der Waals surface area contributed by atoms with Crippen LogP contribution < -0.4 is 0 Å². The van der Waals surface area contributed by atoms with E-state index in [0.717, 1.165) is 0 Å². The van der Waals surface area contributed by atoms with Crippen molar-refractivity contribution in [3.8, 4) is 0 Å². The van der Waals surface area contributed by atoms with Gasteiger partial charge in [-0.1, -0.05) is 0 Å². The number of imide groups is 4. The van der Waals surface area contributed by atoms with Gasteiger partial charge in [0.25, 0.3) is 40.9 Å². The quantitative estimate of drug-likeness (QED) is 0.158. The van der Waals surface area contributed by atoms with Crippen LogP contribution in [0, 0.1) is 16.2 Å². The topological polar surface area (TPSA) is 227 Å². The Bertz CT molecular complexity index is 1220. The number of Topliss-reactive ketones (excluding diaryl/α,β-unsaturated/α-hetero) is 2. The fraction of sp³-hybridized carbons (Fsp3) is 0.250. The standard InChI is InChI=1S/C16H2B2N4O13/c23-2-1-3(24)14(2)4(25)19(5(14)26)17-20-6(27)15(7(20)28)8(29)21(9(15)30)18-22-10(31)16(11(22)32)12(33)35-13(16)34/h1H2. The molecule has 1 saturated carbocycles. The Morgan fingerprint density at radius 1 is 0.457 bits per heavy atom. The number of ketones is 2. The summed E-state index contributed by atoms with van der Waals surface area (Å²) in [6.07, 6.45) is -0.621. The second-order valence-corrected chi connectivity index (χ2v) is 8.10. The third-order valence-corrected chi connectivity index (χ3v) is 6.73. The summed E-state index contributed by atoms with van der Waals surface area (Å²) >= 11 is 0. The van der Waals surface area contributed by atoms with Crippen LogP contribution in [0.5, 0.6) is 0 Å². The molecule has 17 nitrogen and oxygen atoms in total. The normalized spacial score (nSPS) is 27.0. The smallest absolute Gasteiger partial charge is 0.390 e. The molecule has 0 bridgehead atoms. The number of β-lactam (4-membered cyclic amide) rings is 8. The van der Waals surface area contributed by atoms with Crippen LogP contribution in [-0.2, 0) is 62.3 Å². The Morgan fingerprint density at radius 2 is 0.743 bits per heavy atom. The van der Waals surface area contributed by atoms with Crippen LogP contribution in [0.3, 0.4) is 0 Å². The molecule has 0 unspecified atom stereocenters. The Kier molecular flexibility index (Phi) is 3.23. The molecule has 0 aromatic carbocycles. The lowest BCUT2D eigenvalue weighted by Crippen LogP contribution is -2.89. The third-order valence-electron chi connectivity index (χ3n) is 6.73. The number of carbonyl (C=O) groups excluding carboxylic acids is 12. The van der Waals surface area contributed by atoms with Gasteiger partial charge in [-0.2, -0.15) is 0 Å². The summed E-state index contributed by atoms with van der Waals surface area (Å²) < 4.78 is 3.97. The van der Waals surface area contributed by atoms with Crippen molar-refractivity contribution in [1.82, 2.24) is 19.2 Å². The highest BCUT2D eigenvalue weighted by Gasteiger charge is 2.84. The molecule has 5 saturated heterocycles. The van der Waals surface area contributed by atoms with Gasteiger partial charge >= 0.3 is 32.5 Å². The minimum Gasteiger partial charge on any atom is -0.390 e. The van der Waals surface area contributed by atoms with Crippen LogP contribution >= 0.6 is 0 Å². The highest BCUT2D eigenvalue weighted by atomic mass is 16.6. The third kappa shape index (κ3) is 1.62. The minimum atomic E-state index is -2.90. The number of hydrogen-bond donors (Lipinski definition) is 0. The maximum atomic E-state index is 12.5. The fourth-order valence-electron chi connectivity index (χ4n) is 4.55. The van der Waals surface area contributed by atoms with Crippen LogP contribution in [0.1, 0.15) is 6.42 Å². The van der Waals surface area contributed by atoms with Gasteiger partial charge in [0.15, 0.2) is 11.6 Å². The fourth-order valence-corrected chi connectivity index (χ4v) is 4.55. The zero-order chi connectivity index (χ0) is 25.6. The molecule has 0 N–H and O–H groups in total. The van der Waals surface area contributed by atoms with Crippen molar-refractivity contribution in [2.75, 3.05) is 0 Å². The molecule has 170 valence electrons. The lowest BCUT2D eigenvalue weighted by molar-refractivity contribution is -0.209. The van der Waals surface area contributed by atoms with E-state index in [4.69, 9.17) is 0 Å². The highest BCUT2D eigenvalue weighted by molar-refractivity contribution is 6.71. The van der Waals surface area contributed by atoms with Gasteiger partial charge in [-0.05, 0) is 0 Å². The summed E-state index contributed by atoms with van der Waals surface area (Å²) in [6.45, 7) is 0. The molecule has 6 rings (SSSR count). The van der Waals surface area contributed by atoms with Crippen molar-refractivity contribution in [3.05, 3.63) is 0 Å². The summed E-state index contributed by atoms with van der Waals surface area (Å²) in [6, 6.07) is 0. The number of carbonyl (C=O) groups is 12. The van der Waals surface area contributed by atoms with Gasteiger partial charge in [0.2, 0.25) is 17.2 Å². The molecule has 1 aliphatic carbocycles. The van der Waals surface area contributed by atoms with E-state index in [-0.39, 0.29) is 19.2 Å². The van der Waals surface area contributed by atoms with E-state index in [9.17, 15) is 57.5 Å².